The van der Waals surface area contributed by atoms with E-state index in [0.717, 1.165) is 42.5 Å². The Morgan fingerprint density at radius 2 is 2.00 bits per heavy atom. The number of rotatable bonds is 5. The second kappa shape index (κ2) is 5.82. The van der Waals surface area contributed by atoms with Crippen LogP contribution in [0.5, 0.6) is 0 Å². The highest BCUT2D eigenvalue weighted by atomic mass is 15.3. The molecule has 19 heavy (non-hydrogen) atoms. The van der Waals surface area contributed by atoms with Gasteiger partial charge in [0, 0.05) is 30.5 Å². The Kier molecular flexibility index (Phi) is 4.14. The first-order valence-corrected chi connectivity index (χ1v) is 6.84. The third-order valence-corrected chi connectivity index (χ3v) is 3.16. The average molecular weight is 259 g/mol. The van der Waals surface area contributed by atoms with Crippen molar-refractivity contribution in [2.45, 2.75) is 40.7 Å². The van der Waals surface area contributed by atoms with Crippen LogP contribution >= 0.6 is 0 Å². The number of nitrogens with one attached hydrogen (secondary N) is 1. The molecule has 2 aromatic heterocycles. The van der Waals surface area contributed by atoms with E-state index >= 15 is 0 Å². The predicted molar refractivity (Wildman–Crippen MR) is 77.2 cm³/mol. The molecule has 5 heteroatoms. The van der Waals surface area contributed by atoms with E-state index in [1.165, 1.54) is 5.56 Å². The maximum absolute atomic E-state index is 4.66. The molecule has 102 valence electrons. The Balaban J connectivity index is 2.53. The van der Waals surface area contributed by atoms with Crippen molar-refractivity contribution < 1.29 is 0 Å². The maximum Gasteiger partial charge on any atom is 0.180 e. The minimum Gasteiger partial charge on any atom is -0.370 e. The molecule has 0 saturated carbocycles. The maximum atomic E-state index is 4.66. The molecule has 0 aliphatic carbocycles. The van der Waals surface area contributed by atoms with Crippen LogP contribution in [0, 0.1) is 6.92 Å². The van der Waals surface area contributed by atoms with Gasteiger partial charge in [-0.3, -0.25) is 4.68 Å². The van der Waals surface area contributed by atoms with Crippen LogP contribution in [0.25, 0.3) is 11.5 Å². The number of aromatic nitrogens is 4. The number of hydrogen-bond acceptors (Lipinski definition) is 4. The van der Waals surface area contributed by atoms with Crippen molar-refractivity contribution >= 4 is 5.82 Å². The summed E-state index contributed by atoms with van der Waals surface area (Å²) in [7, 11) is 0. The lowest BCUT2D eigenvalue weighted by Gasteiger charge is -2.13. The van der Waals surface area contributed by atoms with Gasteiger partial charge in [0.05, 0.1) is 0 Å². The summed E-state index contributed by atoms with van der Waals surface area (Å²) in [6, 6.07) is 1.96. The summed E-state index contributed by atoms with van der Waals surface area (Å²) in [5.41, 5.74) is 3.19. The third-order valence-electron chi connectivity index (χ3n) is 3.16. The number of anilines is 1. The second-order valence-corrected chi connectivity index (χ2v) is 4.38. The summed E-state index contributed by atoms with van der Waals surface area (Å²) in [4.78, 5) is 9.29. The lowest BCUT2D eigenvalue weighted by Crippen LogP contribution is -2.09. The topological polar surface area (TPSA) is 55.6 Å². The van der Waals surface area contributed by atoms with Crippen LogP contribution in [0.2, 0.25) is 0 Å². The van der Waals surface area contributed by atoms with Gasteiger partial charge in [-0.15, -0.1) is 0 Å². The normalized spacial score (nSPS) is 10.7. The molecule has 0 saturated heterocycles. The van der Waals surface area contributed by atoms with Crippen LogP contribution in [0.15, 0.2) is 12.3 Å². The molecule has 2 aromatic rings. The molecule has 0 aromatic carbocycles. The fraction of sp³-hybridized carbons (Fsp3) is 0.500. The van der Waals surface area contributed by atoms with Crippen molar-refractivity contribution in [3.63, 3.8) is 0 Å². The Hall–Kier alpha value is -1.91. The zero-order chi connectivity index (χ0) is 13.8. The number of nitrogens with zero attached hydrogens (tertiary/aromatic N) is 4. The molecule has 5 nitrogen and oxygen atoms in total. The van der Waals surface area contributed by atoms with Crippen molar-refractivity contribution in [1.82, 2.24) is 19.7 Å². The molecule has 1 N–H and O–H groups in total. The van der Waals surface area contributed by atoms with Gasteiger partial charge >= 0.3 is 0 Å². The minimum atomic E-state index is 0.741. The molecule has 0 aliphatic heterocycles. The van der Waals surface area contributed by atoms with Gasteiger partial charge in [-0.25, -0.2) is 9.97 Å². The highest BCUT2D eigenvalue weighted by molar-refractivity contribution is 5.56. The molecular formula is C14H21N5. The summed E-state index contributed by atoms with van der Waals surface area (Å²) in [5.74, 6) is 1.68. The fourth-order valence-corrected chi connectivity index (χ4v) is 2.22. The van der Waals surface area contributed by atoms with Crippen LogP contribution in [0.1, 0.15) is 32.0 Å². The summed E-state index contributed by atoms with van der Waals surface area (Å²) in [5, 5.41) is 7.60. The molecule has 2 rings (SSSR count). The number of hydrogen-bond donors (Lipinski definition) is 1. The quantitative estimate of drug-likeness (QED) is 0.897. The smallest absolute Gasteiger partial charge is 0.180 e. The summed E-state index contributed by atoms with van der Waals surface area (Å²) >= 11 is 0. The van der Waals surface area contributed by atoms with E-state index in [0.29, 0.717) is 0 Å². The van der Waals surface area contributed by atoms with Crippen molar-refractivity contribution in [1.29, 1.82) is 0 Å². The Labute approximate surface area is 114 Å². The van der Waals surface area contributed by atoms with Gasteiger partial charge in [-0.05, 0) is 33.3 Å². The lowest BCUT2D eigenvalue weighted by molar-refractivity contribution is 0.663. The van der Waals surface area contributed by atoms with Crippen LogP contribution < -0.4 is 5.32 Å². The first-order valence-electron chi connectivity index (χ1n) is 6.84. The average Bonchev–Trinajstić information content (AvgIpc) is 2.87. The Morgan fingerprint density at radius 1 is 1.21 bits per heavy atom. The van der Waals surface area contributed by atoms with Gasteiger partial charge in [0.15, 0.2) is 5.82 Å². The SMILES string of the molecule is CCNc1nc(-c2ccnn2CC)nc(C)c1CC. The molecule has 0 bridgehead atoms. The molecule has 0 spiro atoms. The van der Waals surface area contributed by atoms with Crippen LogP contribution in [-0.2, 0) is 13.0 Å². The first-order chi connectivity index (χ1) is 9.21. The minimum absolute atomic E-state index is 0.741. The Morgan fingerprint density at radius 3 is 2.63 bits per heavy atom. The standard InChI is InChI=1S/C14H21N5/c1-5-11-10(4)17-14(18-13(11)15-6-2)12-8-9-16-19(12)7-3/h8-9H,5-7H2,1-4H3,(H,15,17,18). The molecular weight excluding hydrogens is 238 g/mol. The van der Waals surface area contributed by atoms with Crippen molar-refractivity contribution in [3.05, 3.63) is 23.5 Å². The highest BCUT2D eigenvalue weighted by Crippen LogP contribution is 2.22. The van der Waals surface area contributed by atoms with Crippen LogP contribution in [0.3, 0.4) is 0 Å². The molecule has 2 heterocycles. The zero-order valence-corrected chi connectivity index (χ0v) is 12.1. The summed E-state index contributed by atoms with van der Waals surface area (Å²) in [6.07, 6.45) is 2.72. The van der Waals surface area contributed by atoms with Gasteiger partial charge < -0.3 is 5.32 Å². The monoisotopic (exact) mass is 259 g/mol. The van der Waals surface area contributed by atoms with Gasteiger partial charge in [-0.1, -0.05) is 6.92 Å². The van der Waals surface area contributed by atoms with E-state index in [-0.39, 0.29) is 0 Å². The van der Waals surface area contributed by atoms with E-state index in [9.17, 15) is 0 Å². The van der Waals surface area contributed by atoms with Crippen molar-refractivity contribution in [2.24, 2.45) is 0 Å². The molecule has 0 fully saturated rings. The van der Waals surface area contributed by atoms with Gasteiger partial charge in [0.1, 0.15) is 11.5 Å². The largest absolute Gasteiger partial charge is 0.370 e. The fourth-order valence-electron chi connectivity index (χ4n) is 2.22. The van der Waals surface area contributed by atoms with E-state index in [4.69, 9.17) is 0 Å². The first kappa shape index (κ1) is 13.5. The van der Waals surface area contributed by atoms with Gasteiger partial charge in [-0.2, -0.15) is 5.10 Å². The Bertz CT molecular complexity index is 559. The van der Waals surface area contributed by atoms with Crippen LogP contribution in [-0.4, -0.2) is 26.3 Å². The van der Waals surface area contributed by atoms with E-state index in [1.54, 1.807) is 6.20 Å². The molecule has 0 atom stereocenters. The van der Waals surface area contributed by atoms with Crippen molar-refractivity contribution in [2.75, 3.05) is 11.9 Å². The summed E-state index contributed by atoms with van der Waals surface area (Å²) < 4.78 is 1.91. The third kappa shape index (κ3) is 2.59. The second-order valence-electron chi connectivity index (χ2n) is 4.38. The molecule has 0 amide bonds. The lowest BCUT2D eigenvalue weighted by atomic mass is 10.1. The number of aryl methyl sites for hydroxylation is 2. The molecule has 0 aliphatic rings. The van der Waals surface area contributed by atoms with E-state index in [1.807, 2.05) is 17.7 Å². The molecule has 0 radical (unpaired) electrons. The summed E-state index contributed by atoms with van der Waals surface area (Å²) in [6.45, 7) is 9.98. The van der Waals surface area contributed by atoms with E-state index in [2.05, 4.69) is 41.2 Å². The zero-order valence-electron chi connectivity index (χ0n) is 12.1. The highest BCUT2D eigenvalue weighted by Gasteiger charge is 2.13. The van der Waals surface area contributed by atoms with Crippen molar-refractivity contribution in [3.8, 4) is 11.5 Å². The van der Waals surface area contributed by atoms with Gasteiger partial charge in [0.25, 0.3) is 0 Å². The van der Waals surface area contributed by atoms with Crippen LogP contribution in [0.4, 0.5) is 5.82 Å². The predicted octanol–water partition coefficient (Wildman–Crippen LogP) is 2.66. The molecule has 0 unspecified atom stereocenters. The van der Waals surface area contributed by atoms with Gasteiger partial charge in [0.2, 0.25) is 0 Å². The van der Waals surface area contributed by atoms with E-state index < -0.39 is 0 Å².